The van der Waals surface area contributed by atoms with Crippen LogP contribution < -0.4 is 15.5 Å². The Hall–Kier alpha value is -5.60. The minimum absolute atomic E-state index is 0.0620. The molecule has 3 aliphatic heterocycles. The number of hydrogen-bond donors (Lipinski definition) is 2. The predicted octanol–water partition coefficient (Wildman–Crippen LogP) is 4.01. The van der Waals surface area contributed by atoms with Crippen molar-refractivity contribution in [2.24, 2.45) is 0 Å². The normalized spacial score (nSPS) is 19.1. The number of fused-ring (bicyclic) bond motifs is 2. The SMILES string of the molecule is CC(C)n1nc(N2CCC(N(C)Cc3ccc4c(c3Br)C(=O)N(C3CCC(=O)NC3=O)C4=O)CC2)c2cnc(Nc3ccnc(-c4cnn(S(=O)(=O)C5CC5)c4)n3)cc21. The number of pyridine rings is 1. The highest BCUT2D eigenvalue weighted by atomic mass is 79.9. The summed E-state index contributed by atoms with van der Waals surface area (Å²) in [4.78, 5) is 70.3. The molecule has 18 nitrogen and oxygen atoms in total. The van der Waals surface area contributed by atoms with Gasteiger partial charge in [0.2, 0.25) is 11.8 Å². The molecule has 0 bridgehead atoms. The summed E-state index contributed by atoms with van der Waals surface area (Å²) in [5.41, 5.74) is 2.74. The van der Waals surface area contributed by atoms with Crippen LogP contribution in [0.3, 0.4) is 0 Å². The van der Waals surface area contributed by atoms with Crippen LogP contribution in [0.2, 0.25) is 0 Å². The number of rotatable bonds is 11. The van der Waals surface area contributed by atoms with E-state index in [1.54, 1.807) is 18.3 Å². The maximum atomic E-state index is 13.6. The van der Waals surface area contributed by atoms with E-state index in [2.05, 4.69) is 72.3 Å². The van der Waals surface area contributed by atoms with Crippen LogP contribution in [0.4, 0.5) is 17.5 Å². The quantitative estimate of drug-likeness (QED) is 0.180. The van der Waals surface area contributed by atoms with Gasteiger partial charge >= 0.3 is 0 Å². The first-order chi connectivity index (χ1) is 28.3. The van der Waals surface area contributed by atoms with Crippen molar-refractivity contribution in [3.05, 3.63) is 70.2 Å². The maximum absolute atomic E-state index is 13.6. The van der Waals surface area contributed by atoms with Crippen molar-refractivity contribution in [3.8, 4) is 11.4 Å². The molecule has 4 aliphatic rings. The number of amides is 4. The molecule has 20 heteroatoms. The van der Waals surface area contributed by atoms with E-state index in [-0.39, 0.29) is 41.3 Å². The number of aromatic nitrogens is 7. The second-order valence-electron chi connectivity index (χ2n) is 15.7. The Morgan fingerprint density at radius 2 is 1.76 bits per heavy atom. The van der Waals surface area contributed by atoms with Crippen LogP contribution in [0.5, 0.6) is 0 Å². The van der Waals surface area contributed by atoms with Crippen molar-refractivity contribution in [2.45, 2.75) is 82.3 Å². The number of benzene rings is 1. The number of nitrogens with zero attached hydrogens (tertiary/aromatic N) is 10. The molecule has 2 saturated heterocycles. The molecule has 4 amide bonds. The zero-order chi connectivity index (χ0) is 41.3. The second-order valence-corrected chi connectivity index (χ2v) is 18.6. The van der Waals surface area contributed by atoms with Crippen LogP contribution in [-0.4, -0.2) is 113 Å². The molecule has 0 radical (unpaired) electrons. The lowest BCUT2D eigenvalue weighted by molar-refractivity contribution is -0.136. The highest BCUT2D eigenvalue weighted by Gasteiger charge is 2.46. The molecular formula is C39H41BrN12O6S. The van der Waals surface area contributed by atoms with Gasteiger partial charge in [-0.05, 0) is 86.6 Å². The molecule has 1 saturated carbocycles. The van der Waals surface area contributed by atoms with E-state index >= 15 is 0 Å². The summed E-state index contributed by atoms with van der Waals surface area (Å²) < 4.78 is 28.8. The van der Waals surface area contributed by atoms with Crippen molar-refractivity contribution in [1.82, 2.24) is 49.0 Å². The molecule has 9 rings (SSSR count). The molecule has 306 valence electrons. The van der Waals surface area contributed by atoms with Gasteiger partial charge in [-0.25, -0.2) is 23.4 Å². The van der Waals surface area contributed by atoms with E-state index < -0.39 is 39.7 Å². The maximum Gasteiger partial charge on any atom is 0.263 e. The number of hydrogen-bond acceptors (Lipinski definition) is 14. The Labute approximate surface area is 347 Å². The molecule has 4 aromatic heterocycles. The van der Waals surface area contributed by atoms with Gasteiger partial charge in [0, 0.05) is 61.1 Å². The first kappa shape index (κ1) is 38.9. The van der Waals surface area contributed by atoms with Crippen LogP contribution >= 0.6 is 15.9 Å². The van der Waals surface area contributed by atoms with Gasteiger partial charge in [0.05, 0.1) is 45.2 Å². The van der Waals surface area contributed by atoms with E-state index in [1.165, 1.54) is 12.4 Å². The molecule has 1 aliphatic carbocycles. The number of carbonyl (C=O) groups excluding carboxylic acids is 4. The number of anilines is 3. The Kier molecular flexibility index (Phi) is 9.82. The standard InChI is InChI=1S/C39H41BrN12O6S/c1-21(2)52-29-16-31(44-30-10-13-41-35(45-30)23-17-43-50(20-23)59(57,58)25-5-6-25)42-18-27(29)36(47-52)49-14-11-24(12-15-49)48(3)19-22-4-7-26-33(34(22)40)39(56)51(38(26)55)28-8-9-32(53)46-37(28)54/h4,7,10,13,16-18,20-21,24-25,28H,5-6,8-9,11-12,14-15,19H2,1-3H3,(H,46,53,54)(H,41,42,44,45). The lowest BCUT2D eigenvalue weighted by atomic mass is 10.0. The van der Waals surface area contributed by atoms with Crippen LogP contribution in [0.25, 0.3) is 22.3 Å². The Balaban J connectivity index is 0.867. The summed E-state index contributed by atoms with van der Waals surface area (Å²) >= 11 is 3.62. The Morgan fingerprint density at radius 1 is 0.983 bits per heavy atom. The number of piperidine rings is 2. The number of imide groups is 2. The van der Waals surface area contributed by atoms with Gasteiger partial charge in [0.15, 0.2) is 11.6 Å². The van der Waals surface area contributed by atoms with Gasteiger partial charge in [-0.2, -0.15) is 14.3 Å². The zero-order valence-corrected chi connectivity index (χ0v) is 34.9. The van der Waals surface area contributed by atoms with E-state index in [0.29, 0.717) is 46.9 Å². The van der Waals surface area contributed by atoms with Crippen LogP contribution in [0.1, 0.15) is 84.7 Å². The summed E-state index contributed by atoms with van der Waals surface area (Å²) in [6, 6.07) is 6.45. The van der Waals surface area contributed by atoms with Crippen molar-refractivity contribution in [1.29, 1.82) is 0 Å². The van der Waals surface area contributed by atoms with Gasteiger partial charge in [0.25, 0.3) is 21.8 Å². The third kappa shape index (κ3) is 7.05. The average Bonchev–Trinajstić information content (AvgIpc) is 3.75. The summed E-state index contributed by atoms with van der Waals surface area (Å²) in [7, 11) is -1.45. The lowest BCUT2D eigenvalue weighted by Crippen LogP contribution is -2.54. The minimum atomic E-state index is -3.51. The molecule has 3 fully saturated rings. The topological polar surface area (TPSA) is 211 Å². The Bertz CT molecular complexity index is 2670. The molecule has 1 unspecified atom stereocenters. The van der Waals surface area contributed by atoms with E-state index in [1.807, 2.05) is 23.0 Å². The van der Waals surface area contributed by atoms with Crippen LogP contribution in [0.15, 0.2) is 53.5 Å². The largest absolute Gasteiger partial charge is 0.354 e. The Morgan fingerprint density at radius 3 is 2.49 bits per heavy atom. The molecule has 5 aromatic rings. The third-order valence-electron chi connectivity index (χ3n) is 11.4. The first-order valence-corrected chi connectivity index (χ1v) is 21.8. The van der Waals surface area contributed by atoms with Crippen LogP contribution in [-0.2, 0) is 26.2 Å². The van der Waals surface area contributed by atoms with E-state index in [0.717, 1.165) is 57.2 Å². The van der Waals surface area contributed by atoms with Gasteiger partial charge in [-0.1, -0.05) is 6.07 Å². The van der Waals surface area contributed by atoms with Gasteiger partial charge in [0.1, 0.15) is 17.7 Å². The third-order valence-corrected chi connectivity index (χ3v) is 14.4. The summed E-state index contributed by atoms with van der Waals surface area (Å²) in [5.74, 6) is 0.126. The van der Waals surface area contributed by atoms with Gasteiger partial charge in [-0.15, -0.1) is 0 Å². The zero-order valence-electron chi connectivity index (χ0n) is 32.5. The van der Waals surface area contributed by atoms with Crippen molar-refractivity contribution in [3.63, 3.8) is 0 Å². The molecular weight excluding hydrogens is 844 g/mol. The monoisotopic (exact) mass is 884 g/mol. The predicted molar refractivity (Wildman–Crippen MR) is 219 cm³/mol. The first-order valence-electron chi connectivity index (χ1n) is 19.5. The number of halogens is 1. The van der Waals surface area contributed by atoms with E-state index in [4.69, 9.17) is 10.1 Å². The highest BCUT2D eigenvalue weighted by molar-refractivity contribution is 9.10. The fourth-order valence-corrected chi connectivity index (χ4v) is 10.2. The fourth-order valence-electron chi connectivity index (χ4n) is 8.09. The molecule has 2 N–H and O–H groups in total. The number of carbonyl (C=O) groups is 4. The lowest BCUT2D eigenvalue weighted by Gasteiger charge is -2.37. The second kappa shape index (κ2) is 14.9. The highest BCUT2D eigenvalue weighted by Crippen LogP contribution is 2.37. The van der Waals surface area contributed by atoms with E-state index in [9.17, 15) is 27.6 Å². The average molecular weight is 886 g/mol. The van der Waals surface area contributed by atoms with Crippen LogP contribution in [0, 0.1) is 0 Å². The van der Waals surface area contributed by atoms with Crippen molar-refractivity contribution in [2.75, 3.05) is 30.4 Å². The fraction of sp³-hybridized carbons (Fsp3) is 0.410. The molecule has 7 heterocycles. The number of nitrogens with one attached hydrogen (secondary N) is 2. The molecule has 1 aromatic carbocycles. The summed E-state index contributed by atoms with van der Waals surface area (Å²) in [6.07, 6.45) is 9.50. The molecule has 59 heavy (non-hydrogen) atoms. The minimum Gasteiger partial charge on any atom is -0.354 e. The van der Waals surface area contributed by atoms with Gasteiger partial charge < -0.3 is 10.2 Å². The smallest absolute Gasteiger partial charge is 0.263 e. The summed E-state index contributed by atoms with van der Waals surface area (Å²) in [6.45, 7) is 6.22. The molecule has 1 atom stereocenters. The van der Waals surface area contributed by atoms with Crippen molar-refractivity contribution >= 4 is 77.9 Å². The summed E-state index contributed by atoms with van der Waals surface area (Å²) in [5, 5.41) is 15.2. The van der Waals surface area contributed by atoms with Gasteiger partial charge in [-0.3, -0.25) is 39.0 Å². The molecule has 0 spiro atoms. The van der Waals surface area contributed by atoms with Crippen molar-refractivity contribution < 1.29 is 27.6 Å².